The minimum atomic E-state index is -0.436. The lowest BCUT2D eigenvalue weighted by atomic mass is 9.80. The summed E-state index contributed by atoms with van der Waals surface area (Å²) in [6, 6.07) is 14.4. The van der Waals surface area contributed by atoms with Gasteiger partial charge in [-0.2, -0.15) is 12.6 Å². The summed E-state index contributed by atoms with van der Waals surface area (Å²) in [5.41, 5.74) is 5.87. The first-order valence-corrected chi connectivity index (χ1v) is 13.8. The lowest BCUT2D eigenvalue weighted by Crippen LogP contribution is -2.28. The third-order valence-corrected chi connectivity index (χ3v) is 7.61. The molecule has 2 fully saturated rings. The predicted molar refractivity (Wildman–Crippen MR) is 155 cm³/mol. The van der Waals surface area contributed by atoms with Crippen molar-refractivity contribution < 1.29 is 18.7 Å². The van der Waals surface area contributed by atoms with E-state index >= 15 is 0 Å². The molecule has 2 atom stereocenters. The van der Waals surface area contributed by atoms with Crippen molar-refractivity contribution in [2.24, 2.45) is 0 Å². The molecule has 2 aromatic carbocycles. The number of benzene rings is 2. The van der Waals surface area contributed by atoms with Crippen LogP contribution in [-0.2, 0) is 15.9 Å². The Bertz CT molecular complexity index is 1240. The molecule has 1 aliphatic heterocycles. The third-order valence-electron chi connectivity index (χ3n) is 7.61. The maximum atomic E-state index is 13.4. The van der Waals surface area contributed by atoms with Gasteiger partial charge in [0.15, 0.2) is 0 Å². The van der Waals surface area contributed by atoms with Crippen LogP contribution in [0.25, 0.3) is 0 Å². The van der Waals surface area contributed by atoms with Crippen LogP contribution in [0.1, 0.15) is 45.1 Å². The molecule has 0 bridgehead atoms. The van der Waals surface area contributed by atoms with Gasteiger partial charge < -0.3 is 14.4 Å². The molecule has 0 radical (unpaired) electrons. The van der Waals surface area contributed by atoms with Crippen molar-refractivity contribution in [1.29, 1.82) is 0 Å². The number of carbonyl (C=O) groups excluding carboxylic acids is 1. The van der Waals surface area contributed by atoms with E-state index in [1.807, 2.05) is 44.3 Å². The Morgan fingerprint density at radius 3 is 2.63 bits per heavy atom. The molecule has 5 nitrogen and oxygen atoms in total. The molecule has 1 unspecified atom stereocenters. The van der Waals surface area contributed by atoms with Crippen LogP contribution in [0.15, 0.2) is 84.1 Å². The van der Waals surface area contributed by atoms with Crippen molar-refractivity contribution in [3.05, 3.63) is 95.5 Å². The zero-order valence-electron chi connectivity index (χ0n) is 22.4. The summed E-state index contributed by atoms with van der Waals surface area (Å²) in [5.74, 6) is 0.701. The van der Waals surface area contributed by atoms with Crippen molar-refractivity contribution in [2.45, 2.75) is 57.2 Å². The maximum Gasteiger partial charge on any atom is 0.411 e. The number of para-hydroxylation sites is 1. The van der Waals surface area contributed by atoms with Crippen molar-refractivity contribution in [1.82, 2.24) is 0 Å². The Hall–Kier alpha value is -3.03. The zero-order valence-corrected chi connectivity index (χ0v) is 23.3. The van der Waals surface area contributed by atoms with E-state index in [-0.39, 0.29) is 17.0 Å². The van der Waals surface area contributed by atoms with E-state index in [9.17, 15) is 9.18 Å². The number of nitrogens with one attached hydrogen (secondary N) is 1. The van der Waals surface area contributed by atoms with Crippen LogP contribution < -0.4 is 10.2 Å². The molecule has 2 aliphatic carbocycles. The van der Waals surface area contributed by atoms with Gasteiger partial charge in [0.2, 0.25) is 0 Å². The first-order valence-electron chi connectivity index (χ1n) is 13.2. The molecular formula is C31H37FN2O3S. The van der Waals surface area contributed by atoms with Gasteiger partial charge in [-0.1, -0.05) is 37.8 Å². The molecule has 1 saturated carbocycles. The number of amides is 1. The van der Waals surface area contributed by atoms with Gasteiger partial charge in [0.25, 0.3) is 0 Å². The molecule has 38 heavy (non-hydrogen) atoms. The summed E-state index contributed by atoms with van der Waals surface area (Å²) in [4.78, 5) is 14.0. The predicted octanol–water partition coefficient (Wildman–Crippen LogP) is 7.47. The van der Waals surface area contributed by atoms with Crippen molar-refractivity contribution in [3.63, 3.8) is 0 Å². The van der Waals surface area contributed by atoms with Crippen LogP contribution in [0.5, 0.6) is 0 Å². The molecule has 3 aliphatic rings. The highest BCUT2D eigenvalue weighted by Gasteiger charge is 2.74. The molecule has 1 spiro atoms. The van der Waals surface area contributed by atoms with Crippen molar-refractivity contribution in [2.75, 3.05) is 29.6 Å². The molecule has 2 aromatic rings. The summed E-state index contributed by atoms with van der Waals surface area (Å²) in [6.07, 6.45) is 8.15. The number of halogens is 1. The quantitative estimate of drug-likeness (QED) is 0.271. The fourth-order valence-electron chi connectivity index (χ4n) is 5.72. The minimum absolute atomic E-state index is 0.190. The number of aryl methyl sites for hydroxylation is 1. The Morgan fingerprint density at radius 2 is 1.95 bits per heavy atom. The van der Waals surface area contributed by atoms with Crippen molar-refractivity contribution >= 4 is 30.1 Å². The first kappa shape index (κ1) is 28.0. The normalized spacial score (nSPS) is 22.8. The molecule has 0 aromatic heterocycles. The summed E-state index contributed by atoms with van der Waals surface area (Å²) >= 11 is 3.79. The summed E-state index contributed by atoms with van der Waals surface area (Å²) in [5, 5.41) is 2.86. The van der Waals surface area contributed by atoms with E-state index in [1.165, 1.54) is 17.7 Å². The van der Waals surface area contributed by atoms with Crippen LogP contribution >= 0.6 is 12.6 Å². The van der Waals surface area contributed by atoms with Gasteiger partial charge in [-0.25, -0.2) is 9.18 Å². The lowest BCUT2D eigenvalue weighted by Gasteiger charge is -2.29. The molecule has 7 heteroatoms. The highest BCUT2D eigenvalue weighted by molar-refractivity contribution is 7.80. The molecule has 202 valence electrons. The lowest BCUT2D eigenvalue weighted by molar-refractivity contribution is 0.168. The summed E-state index contributed by atoms with van der Waals surface area (Å²) in [7, 11) is 2.00. The summed E-state index contributed by atoms with van der Waals surface area (Å²) in [6.45, 7) is 8.19. The van der Waals surface area contributed by atoms with Gasteiger partial charge in [-0.15, -0.1) is 0 Å². The van der Waals surface area contributed by atoms with Crippen molar-refractivity contribution in [3.8, 4) is 0 Å². The van der Waals surface area contributed by atoms with Gasteiger partial charge in [-0.05, 0) is 91.5 Å². The van der Waals surface area contributed by atoms with E-state index < -0.39 is 6.09 Å². The van der Waals surface area contributed by atoms with E-state index in [1.54, 1.807) is 19.1 Å². The third kappa shape index (κ3) is 5.40. The van der Waals surface area contributed by atoms with E-state index in [2.05, 4.69) is 35.5 Å². The molecule has 1 heterocycles. The largest absolute Gasteiger partial charge is 0.450 e. The highest BCUT2D eigenvalue weighted by Crippen LogP contribution is 2.68. The number of epoxide rings is 1. The average Bonchev–Trinajstić information content (AvgIpc) is 3.43. The standard InChI is InChI=1S/C29H31FN2O3.C2H6S/c1-4-20-19-29-22(18-26(20)32(3)24-12-10-23(30)11-13-24)15-17-28(29,35-29)16-14-21-8-6-7-9-25(21)31-27(33)34-5-2;1-2-3/h4,6-13,18H,1,5,14-17,19H2,2-3H3,(H,31,33);3H,2H2,1H3/t28-,29?;/m0./s1. The van der Waals surface area contributed by atoms with E-state index in [4.69, 9.17) is 9.47 Å². The molecule has 1 amide bonds. The fourth-order valence-corrected chi connectivity index (χ4v) is 5.72. The average molecular weight is 537 g/mol. The summed E-state index contributed by atoms with van der Waals surface area (Å²) < 4.78 is 25.0. The Balaban J connectivity index is 0.00000107. The smallest absolute Gasteiger partial charge is 0.411 e. The SMILES string of the molecule is C=CC1=C(N(C)c2ccc(F)cc2)C=C2CC[C@]3(CCc4ccccc4NC(=O)OCC)OC23C1.CCS. The topological polar surface area (TPSA) is 54.1 Å². The number of rotatable bonds is 8. The number of hydrogen-bond acceptors (Lipinski definition) is 5. The van der Waals surface area contributed by atoms with E-state index in [0.29, 0.717) is 6.61 Å². The first-order chi connectivity index (χ1) is 18.3. The number of anilines is 2. The second kappa shape index (κ2) is 11.8. The molecule has 1 saturated heterocycles. The number of likely N-dealkylation sites (N-methyl/N-ethyl adjacent to an activating group) is 1. The number of thiol groups is 1. The Labute approximate surface area is 230 Å². The van der Waals surface area contributed by atoms with Gasteiger partial charge in [-0.3, -0.25) is 5.32 Å². The van der Waals surface area contributed by atoms with Crippen LogP contribution in [-0.4, -0.2) is 36.7 Å². The van der Waals surface area contributed by atoms with Crippen LogP contribution in [0, 0.1) is 5.82 Å². The minimum Gasteiger partial charge on any atom is -0.450 e. The number of hydrogen-bond donors (Lipinski definition) is 2. The van der Waals surface area contributed by atoms with Crippen LogP contribution in [0.3, 0.4) is 0 Å². The Morgan fingerprint density at radius 1 is 1.24 bits per heavy atom. The monoisotopic (exact) mass is 536 g/mol. The van der Waals surface area contributed by atoms with Gasteiger partial charge >= 0.3 is 6.09 Å². The number of nitrogens with zero attached hydrogens (tertiary/aromatic N) is 1. The highest BCUT2D eigenvalue weighted by atomic mass is 32.1. The Kier molecular flexibility index (Phi) is 8.68. The number of allylic oxidation sites excluding steroid dienone is 2. The molecule has 1 N–H and O–H groups in total. The van der Waals surface area contributed by atoms with Gasteiger partial charge in [0.1, 0.15) is 17.0 Å². The number of ether oxygens (including phenoxy) is 2. The molecule has 5 rings (SSSR count). The van der Waals surface area contributed by atoms with Crippen LogP contribution in [0.2, 0.25) is 0 Å². The fraction of sp³-hybridized carbons (Fsp3) is 0.387. The zero-order chi connectivity index (χ0) is 27.3. The number of carbonyl (C=O) groups is 1. The van der Waals surface area contributed by atoms with Gasteiger partial charge in [0, 0.05) is 30.5 Å². The van der Waals surface area contributed by atoms with E-state index in [0.717, 1.165) is 66.1 Å². The van der Waals surface area contributed by atoms with Crippen LogP contribution in [0.4, 0.5) is 20.6 Å². The second-order valence-electron chi connectivity index (χ2n) is 9.74. The second-order valence-corrected chi connectivity index (χ2v) is 10.4. The maximum absolute atomic E-state index is 13.4. The van der Waals surface area contributed by atoms with Gasteiger partial charge in [0.05, 0.1) is 6.61 Å². The molecular weight excluding hydrogens is 499 g/mol.